The number of nitriles is 1. The van der Waals surface area contributed by atoms with Crippen molar-refractivity contribution in [2.75, 3.05) is 20.2 Å². The number of ketones is 1. The van der Waals surface area contributed by atoms with Crippen molar-refractivity contribution >= 4 is 16.6 Å². The zero-order valence-corrected chi connectivity index (χ0v) is 17.5. The van der Waals surface area contributed by atoms with E-state index in [-0.39, 0.29) is 11.7 Å². The summed E-state index contributed by atoms with van der Waals surface area (Å²) in [5.74, 6) is 1.57. The predicted molar refractivity (Wildman–Crippen MR) is 115 cm³/mol. The van der Waals surface area contributed by atoms with E-state index in [1.807, 2.05) is 30.3 Å². The normalized spacial score (nSPS) is 22.8. The van der Waals surface area contributed by atoms with Gasteiger partial charge in [0.2, 0.25) is 0 Å². The number of fused-ring (bicyclic) bond motifs is 1. The molecule has 152 valence electrons. The van der Waals surface area contributed by atoms with Crippen LogP contribution in [0, 0.1) is 23.2 Å². The molecule has 2 atom stereocenters. The minimum Gasteiger partial charge on any atom is -0.496 e. The van der Waals surface area contributed by atoms with E-state index in [4.69, 9.17) is 4.74 Å². The molecule has 0 aromatic heterocycles. The van der Waals surface area contributed by atoms with Gasteiger partial charge in [0.05, 0.1) is 19.6 Å². The first-order valence-corrected chi connectivity index (χ1v) is 10.9. The Balaban J connectivity index is 1.64. The standard InChI is InChI=1S/C25H30N2O2/c1-3-17-12-14-27(20-5-4-6-20)16-23(17)25(28)19-7-9-21-18(15-19)8-10-24(29-2)22(21)11-13-26/h7-10,15,17,20,23H,3-6,11-12,14,16H2,1-2H3/t17-,23-/m1/s1. The molecule has 1 aliphatic heterocycles. The van der Waals surface area contributed by atoms with Gasteiger partial charge in [0.25, 0.3) is 0 Å². The van der Waals surface area contributed by atoms with Crippen molar-refractivity contribution < 1.29 is 9.53 Å². The number of piperidine rings is 1. The number of nitrogens with zero attached hydrogens (tertiary/aromatic N) is 2. The van der Waals surface area contributed by atoms with Crippen molar-refractivity contribution in [3.63, 3.8) is 0 Å². The summed E-state index contributed by atoms with van der Waals surface area (Å²) < 4.78 is 5.43. The van der Waals surface area contributed by atoms with Crippen LogP contribution in [0.3, 0.4) is 0 Å². The quantitative estimate of drug-likeness (QED) is 0.652. The number of methoxy groups -OCH3 is 1. The van der Waals surface area contributed by atoms with E-state index < -0.39 is 0 Å². The molecular weight excluding hydrogens is 360 g/mol. The fraction of sp³-hybridized carbons (Fsp3) is 0.520. The highest BCUT2D eigenvalue weighted by atomic mass is 16.5. The summed E-state index contributed by atoms with van der Waals surface area (Å²) in [7, 11) is 1.63. The summed E-state index contributed by atoms with van der Waals surface area (Å²) in [6.45, 7) is 4.26. The molecule has 4 nitrogen and oxygen atoms in total. The largest absolute Gasteiger partial charge is 0.496 e. The Labute approximate surface area is 173 Å². The third kappa shape index (κ3) is 3.76. The maximum absolute atomic E-state index is 13.5. The second-order valence-electron chi connectivity index (χ2n) is 8.52. The Morgan fingerprint density at radius 2 is 2.07 bits per heavy atom. The molecular formula is C25H30N2O2. The molecule has 0 radical (unpaired) electrons. The highest BCUT2D eigenvalue weighted by Crippen LogP contribution is 2.35. The van der Waals surface area contributed by atoms with Crippen molar-refractivity contribution in [2.45, 2.75) is 51.5 Å². The van der Waals surface area contributed by atoms with E-state index in [1.54, 1.807) is 7.11 Å². The number of ether oxygens (including phenoxy) is 1. The maximum Gasteiger partial charge on any atom is 0.167 e. The van der Waals surface area contributed by atoms with Crippen molar-refractivity contribution in [3.05, 3.63) is 41.5 Å². The molecule has 1 saturated carbocycles. The van der Waals surface area contributed by atoms with E-state index in [1.165, 1.54) is 19.3 Å². The molecule has 1 aliphatic carbocycles. The Morgan fingerprint density at radius 1 is 1.24 bits per heavy atom. The summed E-state index contributed by atoms with van der Waals surface area (Å²) in [6.07, 6.45) is 6.39. The minimum absolute atomic E-state index is 0.0867. The monoisotopic (exact) mass is 390 g/mol. The number of carbonyl (C=O) groups excluding carboxylic acids is 1. The highest BCUT2D eigenvalue weighted by molar-refractivity contribution is 6.02. The van der Waals surface area contributed by atoms with Crippen LogP contribution in [-0.2, 0) is 6.42 Å². The van der Waals surface area contributed by atoms with Crippen LogP contribution in [0.25, 0.3) is 10.8 Å². The zero-order chi connectivity index (χ0) is 20.4. The molecule has 4 heteroatoms. The molecule has 29 heavy (non-hydrogen) atoms. The number of hydrogen-bond donors (Lipinski definition) is 0. The molecule has 2 aliphatic rings. The van der Waals surface area contributed by atoms with Gasteiger partial charge in [0.1, 0.15) is 5.75 Å². The van der Waals surface area contributed by atoms with Crippen LogP contribution in [0.2, 0.25) is 0 Å². The predicted octanol–water partition coefficient (Wildman–Crippen LogP) is 5.00. The van der Waals surface area contributed by atoms with Crippen molar-refractivity contribution in [3.8, 4) is 11.8 Å². The molecule has 4 rings (SSSR count). The van der Waals surface area contributed by atoms with Crippen LogP contribution in [0.5, 0.6) is 5.75 Å². The zero-order valence-electron chi connectivity index (χ0n) is 17.5. The van der Waals surface area contributed by atoms with Gasteiger partial charge in [-0.05, 0) is 54.6 Å². The molecule has 0 unspecified atom stereocenters. The highest BCUT2D eigenvalue weighted by Gasteiger charge is 2.37. The number of hydrogen-bond acceptors (Lipinski definition) is 4. The van der Waals surface area contributed by atoms with Gasteiger partial charge in [-0.1, -0.05) is 38.0 Å². The molecule has 0 bridgehead atoms. The topological polar surface area (TPSA) is 53.3 Å². The second kappa shape index (κ2) is 8.55. The van der Waals surface area contributed by atoms with Crippen molar-refractivity contribution in [2.24, 2.45) is 11.8 Å². The van der Waals surface area contributed by atoms with Crippen LogP contribution < -0.4 is 4.74 Å². The smallest absolute Gasteiger partial charge is 0.167 e. The molecule has 1 heterocycles. The molecule has 2 fully saturated rings. The van der Waals surface area contributed by atoms with Gasteiger partial charge < -0.3 is 4.74 Å². The Kier molecular flexibility index (Phi) is 5.87. The summed E-state index contributed by atoms with van der Waals surface area (Å²) in [4.78, 5) is 16.1. The first-order valence-electron chi connectivity index (χ1n) is 10.9. The number of Topliss-reactive ketones (excluding diaryl/α,β-unsaturated/α-hetero) is 1. The maximum atomic E-state index is 13.5. The molecule has 1 saturated heterocycles. The van der Waals surface area contributed by atoms with E-state index in [2.05, 4.69) is 17.9 Å². The average molecular weight is 391 g/mol. The fourth-order valence-corrected chi connectivity index (χ4v) is 5.09. The minimum atomic E-state index is 0.0867. The van der Waals surface area contributed by atoms with Gasteiger partial charge in [-0.15, -0.1) is 0 Å². The lowest BCUT2D eigenvalue weighted by atomic mass is 9.77. The average Bonchev–Trinajstić information content (AvgIpc) is 2.72. The lowest BCUT2D eigenvalue weighted by Gasteiger charge is -2.44. The van der Waals surface area contributed by atoms with Crippen LogP contribution in [0.4, 0.5) is 0 Å². The van der Waals surface area contributed by atoms with Gasteiger partial charge in [-0.2, -0.15) is 5.26 Å². The summed E-state index contributed by atoms with van der Waals surface area (Å²) in [6, 6.07) is 12.8. The van der Waals surface area contributed by atoms with Crippen molar-refractivity contribution in [1.29, 1.82) is 5.26 Å². The van der Waals surface area contributed by atoms with Crippen molar-refractivity contribution in [1.82, 2.24) is 4.90 Å². The fourth-order valence-electron chi connectivity index (χ4n) is 5.09. The summed E-state index contributed by atoms with van der Waals surface area (Å²) >= 11 is 0. The Bertz CT molecular complexity index is 942. The Hall–Kier alpha value is -2.38. The van der Waals surface area contributed by atoms with Gasteiger partial charge in [-0.25, -0.2) is 0 Å². The molecule has 0 amide bonds. The van der Waals surface area contributed by atoms with Crippen LogP contribution in [0.15, 0.2) is 30.3 Å². The lowest BCUT2D eigenvalue weighted by Crippen LogP contribution is -2.50. The summed E-state index contributed by atoms with van der Waals surface area (Å²) in [5, 5.41) is 11.2. The SMILES string of the molecule is CC[C@@H]1CCN(C2CCC2)C[C@H]1C(=O)c1ccc2c(CC#N)c(OC)ccc2c1. The van der Waals surface area contributed by atoms with E-state index in [0.717, 1.165) is 53.6 Å². The number of carbonyl (C=O) groups is 1. The van der Waals surface area contributed by atoms with Crippen LogP contribution in [0.1, 0.15) is 54.9 Å². The molecule has 0 spiro atoms. The number of rotatable bonds is 6. The number of likely N-dealkylation sites (tertiary alicyclic amines) is 1. The van der Waals surface area contributed by atoms with Gasteiger partial charge >= 0.3 is 0 Å². The van der Waals surface area contributed by atoms with Crippen LogP contribution in [-0.4, -0.2) is 36.9 Å². The van der Waals surface area contributed by atoms with Gasteiger partial charge in [0.15, 0.2) is 5.78 Å². The van der Waals surface area contributed by atoms with E-state index >= 15 is 0 Å². The second-order valence-corrected chi connectivity index (χ2v) is 8.52. The first kappa shape index (κ1) is 19.9. The van der Waals surface area contributed by atoms with Crippen LogP contribution >= 0.6 is 0 Å². The molecule has 0 N–H and O–H groups in total. The third-order valence-corrected chi connectivity index (χ3v) is 7.09. The van der Waals surface area contributed by atoms with Gasteiger partial charge in [-0.3, -0.25) is 9.69 Å². The first-order chi connectivity index (χ1) is 14.2. The van der Waals surface area contributed by atoms with E-state index in [9.17, 15) is 10.1 Å². The lowest BCUT2D eigenvalue weighted by molar-refractivity contribution is 0.0401. The molecule has 2 aromatic carbocycles. The summed E-state index contributed by atoms with van der Waals surface area (Å²) in [5.41, 5.74) is 1.69. The molecule has 2 aromatic rings. The van der Waals surface area contributed by atoms with E-state index in [0.29, 0.717) is 18.4 Å². The Morgan fingerprint density at radius 3 is 2.72 bits per heavy atom. The van der Waals surface area contributed by atoms with Gasteiger partial charge in [0, 0.05) is 29.6 Å². The third-order valence-electron chi connectivity index (χ3n) is 7.09. The number of benzene rings is 2.